The Labute approximate surface area is 106 Å². The van der Waals surface area contributed by atoms with E-state index in [0.717, 1.165) is 31.5 Å². The van der Waals surface area contributed by atoms with Gasteiger partial charge in [0.2, 0.25) is 0 Å². The number of nitrogens with one attached hydrogen (secondary N) is 1. The van der Waals surface area contributed by atoms with Gasteiger partial charge in [0, 0.05) is 26.2 Å². The normalized spacial score (nSPS) is 32.1. The molecule has 0 aliphatic carbocycles. The van der Waals surface area contributed by atoms with Gasteiger partial charge in [0.1, 0.15) is 0 Å². The molecule has 0 spiro atoms. The minimum Gasteiger partial charge on any atom is -0.378 e. The fourth-order valence-corrected chi connectivity index (χ4v) is 2.93. The first kappa shape index (κ1) is 13.3. The summed E-state index contributed by atoms with van der Waals surface area (Å²) in [5.74, 6) is 1.75. The molecule has 2 rings (SSSR count). The van der Waals surface area contributed by atoms with Gasteiger partial charge in [-0.2, -0.15) is 0 Å². The van der Waals surface area contributed by atoms with E-state index in [9.17, 15) is 0 Å². The van der Waals surface area contributed by atoms with Crippen molar-refractivity contribution in [2.24, 2.45) is 11.8 Å². The molecule has 0 radical (unpaired) electrons. The molecular formula is C14H28N2O. The van der Waals surface area contributed by atoms with Gasteiger partial charge in [-0.15, -0.1) is 0 Å². The topological polar surface area (TPSA) is 24.5 Å². The molecular weight excluding hydrogens is 212 g/mol. The molecule has 2 aliphatic rings. The first-order valence-electron chi connectivity index (χ1n) is 7.30. The maximum atomic E-state index is 5.93. The molecule has 0 aromatic rings. The third-order valence-corrected chi connectivity index (χ3v) is 4.32. The zero-order chi connectivity index (χ0) is 12.1. The Morgan fingerprint density at radius 2 is 1.76 bits per heavy atom. The van der Waals surface area contributed by atoms with E-state index in [-0.39, 0.29) is 0 Å². The second-order valence-electron chi connectivity index (χ2n) is 5.89. The number of ether oxygens (including phenoxy) is 1. The number of likely N-dealkylation sites (tertiary alicyclic amines) is 1. The summed E-state index contributed by atoms with van der Waals surface area (Å²) in [6.45, 7) is 11.7. The van der Waals surface area contributed by atoms with Crippen molar-refractivity contribution in [2.75, 3.05) is 39.3 Å². The van der Waals surface area contributed by atoms with Gasteiger partial charge < -0.3 is 15.0 Å². The van der Waals surface area contributed by atoms with E-state index in [2.05, 4.69) is 24.1 Å². The number of hydrogen-bond donors (Lipinski definition) is 1. The predicted octanol–water partition coefficient (Wildman–Crippen LogP) is 1.73. The maximum absolute atomic E-state index is 5.93. The van der Waals surface area contributed by atoms with Gasteiger partial charge in [-0.3, -0.25) is 0 Å². The molecule has 3 nitrogen and oxygen atoms in total. The highest BCUT2D eigenvalue weighted by Crippen LogP contribution is 2.21. The fraction of sp³-hybridized carbons (Fsp3) is 1.00. The van der Waals surface area contributed by atoms with Gasteiger partial charge >= 0.3 is 0 Å². The van der Waals surface area contributed by atoms with Crippen molar-refractivity contribution in [3.05, 3.63) is 0 Å². The molecule has 1 N–H and O–H groups in total. The lowest BCUT2D eigenvalue weighted by Crippen LogP contribution is -2.33. The molecule has 17 heavy (non-hydrogen) atoms. The molecule has 2 fully saturated rings. The van der Waals surface area contributed by atoms with Crippen LogP contribution in [0.25, 0.3) is 0 Å². The zero-order valence-electron chi connectivity index (χ0n) is 11.5. The summed E-state index contributed by atoms with van der Waals surface area (Å²) in [4.78, 5) is 2.60. The van der Waals surface area contributed by atoms with Crippen LogP contribution in [0.2, 0.25) is 0 Å². The van der Waals surface area contributed by atoms with Crippen molar-refractivity contribution in [2.45, 2.75) is 39.2 Å². The molecule has 0 aromatic heterocycles. The molecule has 3 heteroatoms. The van der Waals surface area contributed by atoms with E-state index in [1.54, 1.807) is 0 Å². The Bertz CT molecular complexity index is 206. The Balaban J connectivity index is 1.51. The van der Waals surface area contributed by atoms with Crippen LogP contribution in [0.5, 0.6) is 0 Å². The average Bonchev–Trinajstić information content (AvgIpc) is 2.66. The van der Waals surface area contributed by atoms with Crippen LogP contribution in [0.4, 0.5) is 0 Å². The van der Waals surface area contributed by atoms with E-state index in [4.69, 9.17) is 4.74 Å². The number of piperidine rings is 1. The fourth-order valence-electron chi connectivity index (χ4n) is 2.93. The van der Waals surface area contributed by atoms with Gasteiger partial charge in [0.15, 0.2) is 0 Å². The van der Waals surface area contributed by atoms with Crippen molar-refractivity contribution in [3.63, 3.8) is 0 Å². The van der Waals surface area contributed by atoms with Gasteiger partial charge in [0.25, 0.3) is 0 Å². The summed E-state index contributed by atoms with van der Waals surface area (Å²) < 4.78 is 5.93. The Morgan fingerprint density at radius 1 is 1.12 bits per heavy atom. The zero-order valence-corrected chi connectivity index (χ0v) is 11.5. The van der Waals surface area contributed by atoms with Crippen molar-refractivity contribution >= 4 is 0 Å². The lowest BCUT2D eigenvalue weighted by molar-refractivity contribution is 0.0284. The molecule has 0 saturated carbocycles. The first-order chi connectivity index (χ1) is 8.25. The molecule has 2 aliphatic heterocycles. The second-order valence-corrected chi connectivity index (χ2v) is 5.89. The van der Waals surface area contributed by atoms with E-state index < -0.39 is 0 Å². The molecule has 0 aromatic carbocycles. The smallest absolute Gasteiger partial charge is 0.0599 e. The van der Waals surface area contributed by atoms with Crippen LogP contribution >= 0.6 is 0 Å². The van der Waals surface area contributed by atoms with Gasteiger partial charge in [-0.05, 0) is 44.2 Å². The molecule has 100 valence electrons. The predicted molar refractivity (Wildman–Crippen MR) is 71.2 cm³/mol. The highest BCUT2D eigenvalue weighted by molar-refractivity contribution is 4.78. The molecule has 0 bridgehead atoms. The van der Waals surface area contributed by atoms with Crippen LogP contribution in [0.15, 0.2) is 0 Å². The molecule has 0 amide bonds. The number of hydrogen-bond acceptors (Lipinski definition) is 3. The molecule has 2 atom stereocenters. The van der Waals surface area contributed by atoms with E-state index in [0.29, 0.717) is 6.10 Å². The molecule has 2 saturated heterocycles. The van der Waals surface area contributed by atoms with Crippen LogP contribution in [0.3, 0.4) is 0 Å². The minimum absolute atomic E-state index is 0.521. The van der Waals surface area contributed by atoms with Crippen molar-refractivity contribution in [3.8, 4) is 0 Å². The van der Waals surface area contributed by atoms with Crippen LogP contribution in [-0.2, 0) is 4.74 Å². The van der Waals surface area contributed by atoms with E-state index >= 15 is 0 Å². The van der Waals surface area contributed by atoms with Crippen LogP contribution < -0.4 is 5.32 Å². The summed E-state index contributed by atoms with van der Waals surface area (Å²) in [5, 5.41) is 3.37. The summed E-state index contributed by atoms with van der Waals surface area (Å²) in [6, 6.07) is 0. The monoisotopic (exact) mass is 240 g/mol. The van der Waals surface area contributed by atoms with E-state index in [1.165, 1.54) is 38.9 Å². The lowest BCUT2D eigenvalue weighted by Gasteiger charge is -2.23. The summed E-state index contributed by atoms with van der Waals surface area (Å²) >= 11 is 0. The third-order valence-electron chi connectivity index (χ3n) is 4.32. The first-order valence-corrected chi connectivity index (χ1v) is 7.30. The Kier molecular flexibility index (Phi) is 5.26. The summed E-state index contributed by atoms with van der Waals surface area (Å²) in [5.41, 5.74) is 0. The second kappa shape index (κ2) is 6.72. The third kappa shape index (κ3) is 4.23. The number of nitrogens with zero attached hydrogens (tertiary/aromatic N) is 1. The Hall–Kier alpha value is -0.120. The highest BCUT2D eigenvalue weighted by Gasteiger charge is 2.25. The van der Waals surface area contributed by atoms with Gasteiger partial charge in [0.05, 0.1) is 6.10 Å². The van der Waals surface area contributed by atoms with Crippen LogP contribution in [0.1, 0.15) is 33.1 Å². The lowest BCUT2D eigenvalue weighted by atomic mass is 10.0. The van der Waals surface area contributed by atoms with Crippen LogP contribution in [0, 0.1) is 11.8 Å². The molecule has 2 unspecified atom stereocenters. The highest BCUT2D eigenvalue weighted by atomic mass is 16.5. The average molecular weight is 240 g/mol. The standard InChI is InChI=1S/C14H28N2O/c1-12-10-16(11-13(12)2)8-3-9-17-14-4-6-15-7-5-14/h12-15H,3-11H2,1-2H3. The Morgan fingerprint density at radius 3 is 2.41 bits per heavy atom. The van der Waals surface area contributed by atoms with Crippen molar-refractivity contribution < 1.29 is 4.74 Å². The van der Waals surface area contributed by atoms with Crippen molar-refractivity contribution in [1.29, 1.82) is 0 Å². The minimum atomic E-state index is 0.521. The summed E-state index contributed by atoms with van der Waals surface area (Å²) in [6.07, 6.45) is 4.10. The SMILES string of the molecule is CC1CN(CCCOC2CCNCC2)CC1C. The quantitative estimate of drug-likeness (QED) is 0.741. The van der Waals surface area contributed by atoms with Crippen molar-refractivity contribution in [1.82, 2.24) is 10.2 Å². The van der Waals surface area contributed by atoms with E-state index in [1.807, 2.05) is 0 Å². The van der Waals surface area contributed by atoms with Crippen LogP contribution in [-0.4, -0.2) is 50.3 Å². The summed E-state index contributed by atoms with van der Waals surface area (Å²) in [7, 11) is 0. The largest absolute Gasteiger partial charge is 0.378 e. The maximum Gasteiger partial charge on any atom is 0.0599 e. The van der Waals surface area contributed by atoms with Gasteiger partial charge in [-0.25, -0.2) is 0 Å². The molecule has 2 heterocycles. The number of rotatable bonds is 5. The van der Waals surface area contributed by atoms with Gasteiger partial charge in [-0.1, -0.05) is 13.8 Å².